The van der Waals surface area contributed by atoms with Gasteiger partial charge in [-0.05, 0) is 56.5 Å². The highest BCUT2D eigenvalue weighted by Crippen LogP contribution is 2.40. The molecule has 2 unspecified atom stereocenters. The van der Waals surface area contributed by atoms with Crippen LogP contribution in [0.5, 0.6) is 0 Å². The first kappa shape index (κ1) is 15.1. The van der Waals surface area contributed by atoms with Crippen LogP contribution in [0.4, 0.5) is 0 Å². The molecule has 0 aromatic heterocycles. The van der Waals surface area contributed by atoms with Crippen molar-refractivity contribution in [3.63, 3.8) is 0 Å². The Bertz CT molecular complexity index is 634. The lowest BCUT2D eigenvalue weighted by molar-refractivity contribution is -0.131. The van der Waals surface area contributed by atoms with Gasteiger partial charge in [-0.25, -0.2) is 4.79 Å². The molecule has 22 heavy (non-hydrogen) atoms. The van der Waals surface area contributed by atoms with Crippen molar-refractivity contribution in [1.82, 2.24) is 0 Å². The zero-order valence-corrected chi connectivity index (χ0v) is 14.2. The van der Waals surface area contributed by atoms with Crippen molar-refractivity contribution >= 4 is 5.97 Å². The molecule has 0 saturated carbocycles. The van der Waals surface area contributed by atoms with E-state index in [-0.39, 0.29) is 11.8 Å². The van der Waals surface area contributed by atoms with Crippen molar-refractivity contribution in [3.05, 3.63) is 58.7 Å². The van der Waals surface area contributed by atoms with Crippen LogP contribution in [0.2, 0.25) is 0 Å². The summed E-state index contributed by atoms with van der Waals surface area (Å²) in [6, 6.07) is 0. The highest BCUT2D eigenvalue weighted by Gasteiger charge is 2.26. The second kappa shape index (κ2) is 7.98. The predicted molar refractivity (Wildman–Crippen MR) is 93.8 cm³/mol. The van der Waals surface area contributed by atoms with Gasteiger partial charge in [0, 0.05) is 8.82 Å². The lowest BCUT2D eigenvalue weighted by Crippen LogP contribution is -2.19. The molecule has 1 aliphatic carbocycles. The van der Waals surface area contributed by atoms with Crippen LogP contribution in [0.3, 0.4) is 0 Å². The summed E-state index contributed by atoms with van der Waals surface area (Å²) in [5, 5.41) is 8.66. The highest BCUT2D eigenvalue weighted by atomic mass is 16.4. The van der Waals surface area contributed by atoms with Crippen molar-refractivity contribution in [2.75, 3.05) is 0 Å². The van der Waals surface area contributed by atoms with Crippen LogP contribution in [0.15, 0.2) is 58.7 Å². The Hall–Kier alpha value is -1.83. The third kappa shape index (κ3) is 5.88. The van der Waals surface area contributed by atoms with E-state index in [9.17, 15) is 4.79 Å². The third-order valence-electron chi connectivity index (χ3n) is 3.69. The number of hydrogen-bond donors (Lipinski definition) is 1. The van der Waals surface area contributed by atoms with Crippen molar-refractivity contribution in [3.8, 4) is 0 Å². The minimum Gasteiger partial charge on any atom is -0.478 e. The molecule has 1 aliphatic rings. The quantitative estimate of drug-likeness (QED) is 0.530. The zero-order valence-electron chi connectivity index (χ0n) is 16.2. The first-order chi connectivity index (χ1) is 11.1. The summed E-state index contributed by atoms with van der Waals surface area (Å²) < 4.78 is 16.3. The maximum atomic E-state index is 10.6. The Balaban J connectivity index is 2.91. The average molecular weight is 304 g/mol. The fourth-order valence-corrected chi connectivity index (χ4v) is 2.50. The smallest absolute Gasteiger partial charge is 0.328 e. The van der Waals surface area contributed by atoms with E-state index < -0.39 is 12.4 Å². The normalized spacial score (nSPS) is 28.2. The molecule has 0 aromatic carbocycles. The lowest BCUT2D eigenvalue weighted by atomic mass is 9.72. The van der Waals surface area contributed by atoms with Gasteiger partial charge in [0.2, 0.25) is 0 Å². The summed E-state index contributed by atoms with van der Waals surface area (Å²) in [4.78, 5) is 10.6. The Morgan fingerprint density at radius 3 is 2.59 bits per heavy atom. The van der Waals surface area contributed by atoms with Crippen LogP contribution in [0, 0.1) is 5.41 Å². The molecule has 0 amide bonds. The largest absolute Gasteiger partial charge is 0.478 e. The van der Waals surface area contributed by atoms with Gasteiger partial charge in [-0.3, -0.25) is 0 Å². The predicted octanol–water partition coefficient (Wildman–Crippen LogP) is 5.60. The van der Waals surface area contributed by atoms with Gasteiger partial charge in [-0.2, -0.15) is 0 Å². The number of hydrogen-bond acceptors (Lipinski definition) is 1. The fourth-order valence-electron chi connectivity index (χ4n) is 2.50. The monoisotopic (exact) mass is 304 g/mol. The van der Waals surface area contributed by atoms with Crippen LogP contribution in [-0.4, -0.2) is 11.1 Å². The maximum absolute atomic E-state index is 10.6. The lowest BCUT2D eigenvalue weighted by Gasteiger charge is -2.32. The summed E-state index contributed by atoms with van der Waals surface area (Å²) in [7, 11) is 0. The third-order valence-corrected chi connectivity index (χ3v) is 3.69. The minimum atomic E-state index is -0.947. The van der Waals surface area contributed by atoms with Crippen molar-refractivity contribution < 1.29 is 12.6 Å². The van der Waals surface area contributed by atoms with E-state index in [1.807, 2.05) is 45.9 Å². The molecule has 0 spiro atoms. The molecule has 0 fully saturated rings. The number of allylic oxidation sites excluding steroid dienone is 9. The fraction of sp³-hybridized carbons (Fsp3) is 0.450. The molecule has 120 valence electrons. The van der Waals surface area contributed by atoms with Gasteiger partial charge >= 0.3 is 5.97 Å². The second-order valence-corrected chi connectivity index (χ2v) is 6.35. The second-order valence-electron chi connectivity index (χ2n) is 6.35. The molecule has 1 N–H and O–H groups in total. The summed E-state index contributed by atoms with van der Waals surface area (Å²) in [6.45, 7) is 9.84. The SMILES string of the molecule is [3H]C1CC(C)=C(C=CC(C)=CC=CC(C)=CC(=O)O)C(C)(C)C1[3H]. The number of carboxylic acid groups (broad SMARTS) is 1. The molecule has 0 bridgehead atoms. The number of carboxylic acids is 1. The van der Waals surface area contributed by atoms with Crippen LogP contribution < -0.4 is 0 Å². The number of aliphatic carboxylic acids is 1. The Labute approximate surface area is 137 Å². The van der Waals surface area contributed by atoms with Crippen molar-refractivity contribution in [1.29, 1.82) is 0 Å². The molecule has 0 heterocycles. The van der Waals surface area contributed by atoms with Gasteiger partial charge in [0.15, 0.2) is 0 Å². The molecule has 0 radical (unpaired) electrons. The van der Waals surface area contributed by atoms with Crippen molar-refractivity contribution in [2.24, 2.45) is 5.41 Å². The summed E-state index contributed by atoms with van der Waals surface area (Å²) in [5.41, 5.74) is 3.72. The topological polar surface area (TPSA) is 37.3 Å². The average Bonchev–Trinajstić information content (AvgIpc) is 2.44. The summed E-state index contributed by atoms with van der Waals surface area (Å²) in [5.74, 6) is -0.947. The van der Waals surface area contributed by atoms with Gasteiger partial charge in [-0.1, -0.05) is 55.4 Å². The molecule has 0 aromatic rings. The molecule has 1 rings (SSSR count). The molecular formula is C20H28O2. The molecular weight excluding hydrogens is 272 g/mol. The van der Waals surface area contributed by atoms with Gasteiger partial charge in [0.1, 0.15) is 0 Å². The number of rotatable bonds is 5. The molecule has 0 saturated heterocycles. The van der Waals surface area contributed by atoms with Crippen LogP contribution >= 0.6 is 0 Å². The first-order valence-electron chi connectivity index (χ1n) is 8.70. The van der Waals surface area contributed by atoms with E-state index in [4.69, 9.17) is 7.85 Å². The van der Waals surface area contributed by atoms with Gasteiger partial charge < -0.3 is 5.11 Å². The van der Waals surface area contributed by atoms with Gasteiger partial charge in [-0.15, -0.1) is 0 Å². The van der Waals surface area contributed by atoms with E-state index in [2.05, 4.69) is 6.08 Å². The van der Waals surface area contributed by atoms with E-state index in [0.29, 0.717) is 12.0 Å². The van der Waals surface area contributed by atoms with Gasteiger partial charge in [0.05, 0.1) is 0 Å². The van der Waals surface area contributed by atoms with Crippen molar-refractivity contribution in [2.45, 2.75) is 53.8 Å². The highest BCUT2D eigenvalue weighted by molar-refractivity contribution is 5.81. The van der Waals surface area contributed by atoms with Crippen LogP contribution in [0.25, 0.3) is 0 Å². The first-order valence-corrected chi connectivity index (χ1v) is 7.54. The molecule has 0 aliphatic heterocycles. The minimum absolute atomic E-state index is 0.331. The van der Waals surface area contributed by atoms with Gasteiger partial charge in [0.25, 0.3) is 0 Å². The number of carbonyl (C=O) groups is 1. The molecule has 2 atom stereocenters. The van der Waals surface area contributed by atoms with E-state index in [0.717, 1.165) is 11.1 Å². The van der Waals surface area contributed by atoms with E-state index in [1.54, 1.807) is 13.0 Å². The van der Waals surface area contributed by atoms with E-state index in [1.165, 1.54) is 11.6 Å². The standard InChI is InChI=1S/C20H28O2/c1-15(8-6-9-16(2)14-19(21)22)11-12-18-17(3)10-7-13-20(18,4)5/h6,8-9,11-12,14H,7,10,13H2,1-5H3,(H,21,22)/i7T,13T. The zero-order chi connectivity index (χ0) is 18.5. The summed E-state index contributed by atoms with van der Waals surface area (Å²) in [6.07, 6.45) is 10.6. The Kier molecular flexibility index (Phi) is 5.47. The van der Waals surface area contributed by atoms with Crippen LogP contribution in [0.1, 0.15) is 56.6 Å². The Morgan fingerprint density at radius 1 is 1.27 bits per heavy atom. The van der Waals surface area contributed by atoms with Crippen LogP contribution in [-0.2, 0) is 4.79 Å². The maximum Gasteiger partial charge on any atom is 0.328 e. The Morgan fingerprint density at radius 2 is 1.95 bits per heavy atom. The summed E-state index contributed by atoms with van der Waals surface area (Å²) >= 11 is 0. The van der Waals surface area contributed by atoms with E-state index >= 15 is 0 Å². The molecule has 2 nitrogen and oxygen atoms in total. The molecule has 2 heteroatoms.